The van der Waals surface area contributed by atoms with Gasteiger partial charge in [-0.2, -0.15) is 0 Å². The molecule has 1 N–H and O–H groups in total. The van der Waals surface area contributed by atoms with E-state index in [1.165, 1.54) is 141 Å². The number of unbranched alkanes of at least 4 members (excludes halogenated alkanes) is 22. The summed E-state index contributed by atoms with van der Waals surface area (Å²) in [5.74, 6) is 1.23. The third kappa shape index (κ3) is 32.8. The molecule has 0 aromatic rings. The SMILES string of the molecule is CC(C)CCCCCCCCCCCCCCC(=O)OCC(C)(CO)COC(=O)CCCCCCCCCCCCCCC(C)C. The number of hydrogen-bond acceptors (Lipinski definition) is 5. The minimum atomic E-state index is -0.756. The van der Waals surface area contributed by atoms with Gasteiger partial charge in [0.25, 0.3) is 0 Å². The van der Waals surface area contributed by atoms with Crippen LogP contribution in [0.15, 0.2) is 0 Å². The largest absolute Gasteiger partial charge is 0.465 e. The van der Waals surface area contributed by atoms with E-state index >= 15 is 0 Å². The van der Waals surface area contributed by atoms with Gasteiger partial charge in [-0.05, 0) is 24.7 Å². The van der Waals surface area contributed by atoms with Crippen molar-refractivity contribution in [3.05, 3.63) is 0 Å². The van der Waals surface area contributed by atoms with Crippen molar-refractivity contribution in [2.24, 2.45) is 17.3 Å². The first kappa shape index (κ1) is 44.9. The molecule has 0 saturated carbocycles. The van der Waals surface area contributed by atoms with Crippen LogP contribution >= 0.6 is 0 Å². The summed E-state index contributed by atoms with van der Waals surface area (Å²) >= 11 is 0. The van der Waals surface area contributed by atoms with Crippen LogP contribution in [-0.4, -0.2) is 36.9 Å². The lowest BCUT2D eigenvalue weighted by Gasteiger charge is -2.26. The van der Waals surface area contributed by atoms with Crippen molar-refractivity contribution < 1.29 is 24.2 Å². The number of aliphatic hydroxyl groups excluding tert-OH is 1. The van der Waals surface area contributed by atoms with E-state index in [9.17, 15) is 14.7 Å². The number of carbonyl (C=O) groups is 2. The predicted octanol–water partition coefficient (Wildman–Crippen LogP) is 12.3. The third-order valence-corrected chi connectivity index (χ3v) is 9.37. The highest BCUT2D eigenvalue weighted by molar-refractivity contribution is 5.69. The Kier molecular flexibility index (Phi) is 31.7. The molecule has 0 rings (SSSR count). The van der Waals surface area contributed by atoms with Crippen molar-refractivity contribution in [2.45, 2.75) is 214 Å². The van der Waals surface area contributed by atoms with E-state index in [2.05, 4.69) is 27.7 Å². The Morgan fingerprint density at radius 2 is 0.696 bits per heavy atom. The molecule has 0 fully saturated rings. The molecule has 5 nitrogen and oxygen atoms in total. The highest BCUT2D eigenvalue weighted by Crippen LogP contribution is 2.19. The smallest absolute Gasteiger partial charge is 0.305 e. The van der Waals surface area contributed by atoms with Crippen molar-refractivity contribution in [1.82, 2.24) is 0 Å². The standard InChI is InChI=1S/C41H80O5/c1-37(2)30-26-22-18-14-10-6-8-12-16-20-24-28-32-39(43)45-35-41(5,34-42)36-46-40(44)33-29-25-21-17-13-9-7-11-15-19-23-27-31-38(3)4/h37-38,42H,6-36H2,1-5H3. The quantitative estimate of drug-likeness (QED) is 0.0545. The first-order valence-electron chi connectivity index (χ1n) is 20.1. The Bertz CT molecular complexity index is 622. The number of rotatable bonds is 35. The zero-order valence-corrected chi connectivity index (χ0v) is 31.7. The molecule has 0 aliphatic heterocycles. The summed E-state index contributed by atoms with van der Waals surface area (Å²) in [6.45, 7) is 11.0. The zero-order valence-electron chi connectivity index (χ0n) is 31.7. The van der Waals surface area contributed by atoms with Crippen molar-refractivity contribution in [3.63, 3.8) is 0 Å². The second-order valence-corrected chi connectivity index (χ2v) is 15.6. The molecule has 0 bridgehead atoms. The summed E-state index contributed by atoms with van der Waals surface area (Å²) < 4.78 is 10.9. The summed E-state index contributed by atoms with van der Waals surface area (Å²) in [7, 11) is 0. The van der Waals surface area contributed by atoms with Gasteiger partial charge >= 0.3 is 11.9 Å². The molecule has 0 atom stereocenters. The monoisotopic (exact) mass is 653 g/mol. The lowest BCUT2D eigenvalue weighted by Crippen LogP contribution is -2.35. The highest BCUT2D eigenvalue weighted by Gasteiger charge is 2.27. The van der Waals surface area contributed by atoms with Crippen LogP contribution in [0.5, 0.6) is 0 Å². The van der Waals surface area contributed by atoms with E-state index in [1.54, 1.807) is 6.92 Å². The van der Waals surface area contributed by atoms with Gasteiger partial charge in [-0.15, -0.1) is 0 Å². The number of aliphatic hydroxyl groups is 1. The van der Waals surface area contributed by atoms with E-state index in [0.717, 1.165) is 37.5 Å². The van der Waals surface area contributed by atoms with Crippen molar-refractivity contribution in [1.29, 1.82) is 0 Å². The van der Waals surface area contributed by atoms with Gasteiger partial charge in [0.15, 0.2) is 0 Å². The van der Waals surface area contributed by atoms with Gasteiger partial charge in [-0.25, -0.2) is 0 Å². The first-order chi connectivity index (χ1) is 22.2. The Balaban J connectivity index is 3.63. The van der Waals surface area contributed by atoms with Gasteiger partial charge in [-0.3, -0.25) is 9.59 Å². The molecule has 0 radical (unpaired) electrons. The maximum absolute atomic E-state index is 12.2. The number of hydrogen-bond donors (Lipinski definition) is 1. The Morgan fingerprint density at radius 3 is 0.935 bits per heavy atom. The molecule has 0 aliphatic rings. The van der Waals surface area contributed by atoms with Crippen LogP contribution in [0.25, 0.3) is 0 Å². The summed E-state index contributed by atoms with van der Waals surface area (Å²) in [5, 5.41) is 9.86. The first-order valence-corrected chi connectivity index (χ1v) is 20.1. The third-order valence-electron chi connectivity index (χ3n) is 9.37. The van der Waals surface area contributed by atoms with Gasteiger partial charge in [0, 0.05) is 12.8 Å². The second-order valence-electron chi connectivity index (χ2n) is 15.6. The maximum atomic E-state index is 12.2. The summed E-state index contributed by atoms with van der Waals surface area (Å²) in [6, 6.07) is 0. The molecule has 5 heteroatoms. The molecule has 0 aromatic heterocycles. The summed E-state index contributed by atoms with van der Waals surface area (Å²) in [5.41, 5.74) is -0.756. The molecule has 0 spiro atoms. The van der Waals surface area contributed by atoms with Gasteiger partial charge in [0.2, 0.25) is 0 Å². The number of carbonyl (C=O) groups excluding carboxylic acids is 2. The molecule has 0 heterocycles. The summed E-state index contributed by atoms with van der Waals surface area (Å²) in [4.78, 5) is 24.5. The maximum Gasteiger partial charge on any atom is 0.305 e. The van der Waals surface area contributed by atoms with Gasteiger partial charge in [0.05, 0.1) is 12.0 Å². The molecule has 46 heavy (non-hydrogen) atoms. The van der Waals surface area contributed by atoms with Crippen LogP contribution in [0, 0.1) is 17.3 Å². The van der Waals surface area contributed by atoms with E-state index < -0.39 is 5.41 Å². The van der Waals surface area contributed by atoms with Gasteiger partial charge in [-0.1, -0.05) is 189 Å². The molecule has 0 aromatic carbocycles. The molecule has 0 saturated heterocycles. The lowest BCUT2D eigenvalue weighted by atomic mass is 9.94. The minimum Gasteiger partial charge on any atom is -0.465 e. The predicted molar refractivity (Wildman–Crippen MR) is 196 cm³/mol. The molecular weight excluding hydrogens is 572 g/mol. The van der Waals surface area contributed by atoms with Gasteiger partial charge < -0.3 is 14.6 Å². The molecule has 0 unspecified atom stereocenters. The van der Waals surface area contributed by atoms with Crippen molar-refractivity contribution in [2.75, 3.05) is 19.8 Å². The van der Waals surface area contributed by atoms with Crippen molar-refractivity contribution >= 4 is 11.9 Å². The molecule has 274 valence electrons. The van der Waals surface area contributed by atoms with E-state index in [4.69, 9.17) is 9.47 Å². The average molecular weight is 653 g/mol. The molecule has 0 amide bonds. The van der Waals surface area contributed by atoms with E-state index in [0.29, 0.717) is 12.8 Å². The number of esters is 2. The fourth-order valence-corrected chi connectivity index (χ4v) is 5.97. The lowest BCUT2D eigenvalue weighted by molar-refractivity contribution is -0.155. The van der Waals surface area contributed by atoms with Crippen LogP contribution < -0.4 is 0 Å². The second kappa shape index (κ2) is 32.4. The van der Waals surface area contributed by atoms with Crippen LogP contribution in [0.4, 0.5) is 0 Å². The average Bonchev–Trinajstić information content (AvgIpc) is 3.02. The van der Waals surface area contributed by atoms with E-state index in [1.807, 2.05) is 0 Å². The Labute approximate surface area is 287 Å². The highest BCUT2D eigenvalue weighted by atomic mass is 16.5. The van der Waals surface area contributed by atoms with Crippen LogP contribution in [-0.2, 0) is 19.1 Å². The fraction of sp³-hybridized carbons (Fsp3) is 0.951. The Hall–Kier alpha value is -1.10. The van der Waals surface area contributed by atoms with Crippen LogP contribution in [0.3, 0.4) is 0 Å². The molecule has 0 aliphatic carbocycles. The van der Waals surface area contributed by atoms with E-state index in [-0.39, 0.29) is 31.8 Å². The van der Waals surface area contributed by atoms with Crippen LogP contribution in [0.1, 0.15) is 214 Å². The molecular formula is C41H80O5. The van der Waals surface area contributed by atoms with Crippen molar-refractivity contribution in [3.8, 4) is 0 Å². The topological polar surface area (TPSA) is 72.8 Å². The van der Waals surface area contributed by atoms with Crippen LogP contribution in [0.2, 0.25) is 0 Å². The number of ether oxygens (including phenoxy) is 2. The Morgan fingerprint density at radius 1 is 0.457 bits per heavy atom. The minimum absolute atomic E-state index is 0.0749. The fourth-order valence-electron chi connectivity index (χ4n) is 5.97. The zero-order chi connectivity index (χ0) is 34.1. The summed E-state index contributed by atoms with van der Waals surface area (Å²) in [6.07, 6.45) is 34.0. The van der Waals surface area contributed by atoms with Gasteiger partial charge in [0.1, 0.15) is 13.2 Å². The normalized spacial score (nSPS) is 11.9.